The summed E-state index contributed by atoms with van der Waals surface area (Å²) < 4.78 is 30.8. The third-order valence-electron chi connectivity index (χ3n) is 4.32. The molecule has 0 atom stereocenters. The number of amides is 1. The first-order valence-electron chi connectivity index (χ1n) is 9.11. The maximum absolute atomic E-state index is 13.0. The highest BCUT2D eigenvalue weighted by Crippen LogP contribution is 2.30. The number of aromatic nitrogens is 3. The van der Waals surface area contributed by atoms with E-state index in [2.05, 4.69) is 20.1 Å². The SMILES string of the molecule is CC(C)c1cc(C(=O)Nc2ccc(OC(F)F)c(Cl)c2)c2cnn(C(C)C)c2n1. The number of pyridine rings is 1. The van der Waals surface area contributed by atoms with Gasteiger partial charge in [-0.1, -0.05) is 25.4 Å². The number of halogens is 3. The minimum absolute atomic E-state index is 0.0292. The number of benzene rings is 1. The van der Waals surface area contributed by atoms with Crippen LogP contribution in [0.3, 0.4) is 0 Å². The molecule has 6 nitrogen and oxygen atoms in total. The Morgan fingerprint density at radius 2 is 1.93 bits per heavy atom. The molecule has 2 heterocycles. The van der Waals surface area contributed by atoms with Crippen LogP contribution in [0, 0.1) is 0 Å². The molecule has 0 aliphatic heterocycles. The lowest BCUT2D eigenvalue weighted by Crippen LogP contribution is -2.14. The Morgan fingerprint density at radius 1 is 1.21 bits per heavy atom. The van der Waals surface area contributed by atoms with Gasteiger partial charge in [0.25, 0.3) is 5.91 Å². The van der Waals surface area contributed by atoms with Gasteiger partial charge in [0.05, 0.1) is 22.2 Å². The van der Waals surface area contributed by atoms with Gasteiger partial charge in [0.15, 0.2) is 5.65 Å². The minimum atomic E-state index is -2.98. The number of anilines is 1. The van der Waals surface area contributed by atoms with E-state index in [1.54, 1.807) is 16.9 Å². The molecule has 3 rings (SSSR count). The normalized spacial score (nSPS) is 11.7. The summed E-state index contributed by atoms with van der Waals surface area (Å²) in [4.78, 5) is 17.7. The summed E-state index contributed by atoms with van der Waals surface area (Å²) in [6.07, 6.45) is 1.62. The fourth-order valence-electron chi connectivity index (χ4n) is 2.87. The zero-order valence-corrected chi connectivity index (χ0v) is 17.2. The van der Waals surface area contributed by atoms with Gasteiger partial charge in [-0.25, -0.2) is 9.67 Å². The molecule has 3 aromatic rings. The van der Waals surface area contributed by atoms with E-state index in [4.69, 9.17) is 11.6 Å². The Morgan fingerprint density at radius 3 is 2.52 bits per heavy atom. The molecule has 0 bridgehead atoms. The Bertz CT molecular complexity index is 1050. The number of alkyl halides is 2. The molecule has 2 aromatic heterocycles. The number of hydrogen-bond donors (Lipinski definition) is 1. The van der Waals surface area contributed by atoms with E-state index in [9.17, 15) is 13.6 Å². The van der Waals surface area contributed by atoms with Gasteiger partial charge in [0.1, 0.15) is 5.75 Å². The van der Waals surface area contributed by atoms with Crippen LogP contribution in [0.2, 0.25) is 5.02 Å². The maximum Gasteiger partial charge on any atom is 0.387 e. The molecule has 0 aliphatic rings. The van der Waals surface area contributed by atoms with Gasteiger partial charge < -0.3 is 10.1 Å². The molecule has 0 saturated heterocycles. The van der Waals surface area contributed by atoms with Crippen molar-refractivity contribution in [1.82, 2.24) is 14.8 Å². The van der Waals surface area contributed by atoms with E-state index in [1.807, 2.05) is 27.7 Å². The van der Waals surface area contributed by atoms with Crippen molar-refractivity contribution in [1.29, 1.82) is 0 Å². The van der Waals surface area contributed by atoms with Gasteiger partial charge in [-0.05, 0) is 44.0 Å². The predicted molar refractivity (Wildman–Crippen MR) is 108 cm³/mol. The maximum atomic E-state index is 13.0. The number of ether oxygens (including phenoxy) is 1. The summed E-state index contributed by atoms with van der Waals surface area (Å²) in [5.74, 6) is -0.422. The van der Waals surface area contributed by atoms with Crippen molar-refractivity contribution in [2.75, 3.05) is 5.32 Å². The average molecular weight is 423 g/mol. The Balaban J connectivity index is 1.97. The highest BCUT2D eigenvalue weighted by Gasteiger charge is 2.19. The van der Waals surface area contributed by atoms with E-state index >= 15 is 0 Å². The Labute approximate surface area is 171 Å². The highest BCUT2D eigenvalue weighted by atomic mass is 35.5. The van der Waals surface area contributed by atoms with E-state index in [0.29, 0.717) is 22.3 Å². The number of carbonyl (C=O) groups excluding carboxylic acids is 1. The molecular formula is C20H21ClF2N4O2. The highest BCUT2D eigenvalue weighted by molar-refractivity contribution is 6.32. The molecule has 0 radical (unpaired) electrons. The molecule has 0 fully saturated rings. The van der Waals surface area contributed by atoms with Crippen LogP contribution in [0.1, 0.15) is 55.7 Å². The van der Waals surface area contributed by atoms with Crippen molar-refractivity contribution in [2.24, 2.45) is 0 Å². The molecule has 154 valence electrons. The Hall–Kier alpha value is -2.74. The predicted octanol–water partition coefficient (Wildman–Crippen LogP) is 5.64. The number of hydrogen-bond acceptors (Lipinski definition) is 4. The molecule has 0 spiro atoms. The molecule has 0 saturated carbocycles. The van der Waals surface area contributed by atoms with Crippen LogP contribution in [-0.4, -0.2) is 27.3 Å². The van der Waals surface area contributed by atoms with Crippen LogP contribution < -0.4 is 10.1 Å². The summed E-state index contributed by atoms with van der Waals surface area (Å²) >= 11 is 5.97. The summed E-state index contributed by atoms with van der Waals surface area (Å²) in [5.41, 5.74) is 2.18. The van der Waals surface area contributed by atoms with E-state index in [1.165, 1.54) is 18.2 Å². The monoisotopic (exact) mass is 422 g/mol. The number of rotatable bonds is 6. The fraction of sp³-hybridized carbons (Fsp3) is 0.350. The number of nitrogens with one attached hydrogen (secondary N) is 1. The molecule has 1 aromatic carbocycles. The third kappa shape index (κ3) is 4.48. The van der Waals surface area contributed by atoms with Crippen LogP contribution in [0.4, 0.5) is 14.5 Å². The van der Waals surface area contributed by atoms with Crippen LogP contribution in [0.5, 0.6) is 5.75 Å². The zero-order chi connectivity index (χ0) is 21.3. The van der Waals surface area contributed by atoms with Crippen molar-refractivity contribution < 1.29 is 18.3 Å². The molecule has 0 unspecified atom stereocenters. The van der Waals surface area contributed by atoms with Gasteiger partial charge in [-0.3, -0.25) is 4.79 Å². The number of carbonyl (C=O) groups is 1. The summed E-state index contributed by atoms with van der Waals surface area (Å²) in [6.45, 7) is 4.98. The first kappa shape index (κ1) is 21.0. The third-order valence-corrected chi connectivity index (χ3v) is 4.61. The largest absolute Gasteiger partial charge is 0.433 e. The smallest absolute Gasteiger partial charge is 0.387 e. The second kappa shape index (κ2) is 8.32. The average Bonchev–Trinajstić information content (AvgIpc) is 3.07. The zero-order valence-electron chi connectivity index (χ0n) is 16.4. The van der Waals surface area contributed by atoms with Gasteiger partial charge >= 0.3 is 6.61 Å². The number of fused-ring (bicyclic) bond motifs is 1. The molecule has 1 amide bonds. The van der Waals surface area contributed by atoms with Gasteiger partial charge in [-0.15, -0.1) is 0 Å². The standard InChI is InChI=1S/C20H21ClF2N4O2/c1-10(2)16-8-13(14-9-24-27(11(3)4)18(14)26-16)19(28)25-12-5-6-17(15(21)7-12)29-20(22)23/h5-11,20H,1-4H3,(H,25,28). The molecule has 29 heavy (non-hydrogen) atoms. The fourth-order valence-corrected chi connectivity index (χ4v) is 3.09. The quantitative estimate of drug-likeness (QED) is 0.557. The van der Waals surface area contributed by atoms with E-state index in [0.717, 1.165) is 5.69 Å². The van der Waals surface area contributed by atoms with Crippen LogP contribution in [0.15, 0.2) is 30.5 Å². The van der Waals surface area contributed by atoms with Crippen molar-refractivity contribution in [2.45, 2.75) is 46.3 Å². The summed E-state index contributed by atoms with van der Waals surface area (Å²) in [5, 5.41) is 7.71. The number of nitrogens with zero attached hydrogens (tertiary/aromatic N) is 3. The van der Waals surface area contributed by atoms with Crippen molar-refractivity contribution in [3.8, 4) is 5.75 Å². The van der Waals surface area contributed by atoms with Crippen LogP contribution in [0.25, 0.3) is 11.0 Å². The first-order valence-corrected chi connectivity index (χ1v) is 9.49. The van der Waals surface area contributed by atoms with Crippen molar-refractivity contribution in [3.05, 3.63) is 46.7 Å². The summed E-state index contributed by atoms with van der Waals surface area (Å²) in [6, 6.07) is 5.91. The van der Waals surface area contributed by atoms with E-state index in [-0.39, 0.29) is 28.6 Å². The molecule has 9 heteroatoms. The van der Waals surface area contributed by atoms with Gasteiger partial charge in [0.2, 0.25) is 0 Å². The lowest BCUT2D eigenvalue weighted by molar-refractivity contribution is -0.0497. The molecular weight excluding hydrogens is 402 g/mol. The van der Waals surface area contributed by atoms with Crippen LogP contribution in [-0.2, 0) is 0 Å². The summed E-state index contributed by atoms with van der Waals surface area (Å²) in [7, 11) is 0. The minimum Gasteiger partial charge on any atom is -0.433 e. The Kier molecular flexibility index (Phi) is 6.02. The lowest BCUT2D eigenvalue weighted by Gasteiger charge is -2.13. The first-order chi connectivity index (χ1) is 13.7. The van der Waals surface area contributed by atoms with Gasteiger partial charge in [0, 0.05) is 17.4 Å². The van der Waals surface area contributed by atoms with Crippen molar-refractivity contribution in [3.63, 3.8) is 0 Å². The van der Waals surface area contributed by atoms with Crippen LogP contribution >= 0.6 is 11.6 Å². The topological polar surface area (TPSA) is 69.0 Å². The second-order valence-corrected chi connectivity index (χ2v) is 7.55. The van der Waals surface area contributed by atoms with Crippen molar-refractivity contribution >= 4 is 34.2 Å². The molecule has 0 aliphatic carbocycles. The lowest BCUT2D eigenvalue weighted by atomic mass is 10.0. The van der Waals surface area contributed by atoms with Gasteiger partial charge in [-0.2, -0.15) is 13.9 Å². The molecule has 1 N–H and O–H groups in total. The second-order valence-electron chi connectivity index (χ2n) is 7.15. The van der Waals surface area contributed by atoms with E-state index < -0.39 is 6.61 Å².